The molecule has 4 rings (SSSR count). The summed E-state index contributed by atoms with van der Waals surface area (Å²) in [5.41, 5.74) is 0.165. The molecule has 0 radical (unpaired) electrons. The molecule has 2 aromatic heterocycles. The van der Waals surface area contributed by atoms with Crippen molar-refractivity contribution < 1.29 is 22.3 Å². The van der Waals surface area contributed by atoms with Gasteiger partial charge in [0.2, 0.25) is 11.8 Å². The molecule has 2 bridgehead atoms. The van der Waals surface area contributed by atoms with Crippen LogP contribution in [-0.4, -0.2) is 44.8 Å². The molecule has 28 heavy (non-hydrogen) atoms. The van der Waals surface area contributed by atoms with Crippen molar-refractivity contribution in [2.24, 2.45) is 11.8 Å². The number of alkyl halides is 3. The normalized spacial score (nSPS) is 25.0. The van der Waals surface area contributed by atoms with E-state index < -0.39 is 12.0 Å². The zero-order chi connectivity index (χ0) is 19.9. The molecule has 0 aromatic carbocycles. The molecule has 1 saturated carbocycles. The highest BCUT2D eigenvalue weighted by Gasteiger charge is 2.42. The Balaban J connectivity index is 1.54. The lowest BCUT2D eigenvalue weighted by molar-refractivity contribution is -0.110. The van der Waals surface area contributed by atoms with Gasteiger partial charge in [0.05, 0.1) is 0 Å². The summed E-state index contributed by atoms with van der Waals surface area (Å²) in [5.74, 6) is -1.49. The van der Waals surface area contributed by atoms with Crippen molar-refractivity contribution in [3.63, 3.8) is 0 Å². The standard InChI is InChI=1S/C17H16F4N6O/c18-13(17(19,20)21)8-28-12-2-1-5-27-15(12)24-16(25-27)23-14-10-3-4-11(14)7-26(6-10)9-22/h1-2,5,8,10-11,14H,3-4,6-7H2,(H,23,25)/b13-8-/t10-,11+,14?. The Morgan fingerprint density at radius 2 is 2.04 bits per heavy atom. The molecule has 1 saturated heterocycles. The van der Waals surface area contributed by atoms with E-state index in [4.69, 9.17) is 10.00 Å². The van der Waals surface area contributed by atoms with Crippen LogP contribution in [0.5, 0.6) is 5.75 Å². The van der Waals surface area contributed by atoms with Crippen LogP contribution < -0.4 is 10.1 Å². The van der Waals surface area contributed by atoms with Gasteiger partial charge in [0.15, 0.2) is 17.6 Å². The number of rotatable bonds is 4. The Kier molecular flexibility index (Phi) is 4.49. The van der Waals surface area contributed by atoms with Crippen molar-refractivity contribution in [2.75, 3.05) is 18.4 Å². The second-order valence-electron chi connectivity index (χ2n) is 6.93. The fourth-order valence-corrected chi connectivity index (χ4v) is 3.91. The van der Waals surface area contributed by atoms with E-state index in [1.54, 1.807) is 11.1 Å². The van der Waals surface area contributed by atoms with Gasteiger partial charge in [-0.1, -0.05) is 0 Å². The molecule has 1 unspecified atom stereocenters. The average Bonchev–Trinajstić information content (AvgIpc) is 3.16. The fraction of sp³-hybridized carbons (Fsp3) is 0.471. The van der Waals surface area contributed by atoms with Crippen LogP contribution in [0, 0.1) is 23.3 Å². The number of nitriles is 1. The number of pyridine rings is 1. The molecule has 7 nitrogen and oxygen atoms in total. The van der Waals surface area contributed by atoms with Crippen LogP contribution in [0.4, 0.5) is 23.5 Å². The maximum absolute atomic E-state index is 13.0. The van der Waals surface area contributed by atoms with Crippen molar-refractivity contribution in [3.8, 4) is 11.9 Å². The van der Waals surface area contributed by atoms with E-state index >= 15 is 0 Å². The summed E-state index contributed by atoms with van der Waals surface area (Å²) in [6, 6.07) is 3.01. The number of allylic oxidation sites excluding steroid dienone is 1. The van der Waals surface area contributed by atoms with Gasteiger partial charge in [-0.25, -0.2) is 4.52 Å². The summed E-state index contributed by atoms with van der Waals surface area (Å²) >= 11 is 0. The van der Waals surface area contributed by atoms with Gasteiger partial charge in [0, 0.05) is 25.3 Å². The maximum Gasteiger partial charge on any atom is 0.446 e. The van der Waals surface area contributed by atoms with Crippen LogP contribution in [0.1, 0.15) is 12.8 Å². The number of piperidine rings is 1. The predicted molar refractivity (Wildman–Crippen MR) is 89.7 cm³/mol. The minimum atomic E-state index is -5.11. The first kappa shape index (κ1) is 18.3. The van der Waals surface area contributed by atoms with E-state index in [0.717, 1.165) is 12.8 Å². The van der Waals surface area contributed by atoms with Crippen molar-refractivity contribution >= 4 is 11.6 Å². The molecule has 3 atom stereocenters. The van der Waals surface area contributed by atoms with E-state index in [-0.39, 0.29) is 23.7 Å². The smallest absolute Gasteiger partial charge is 0.446 e. The molecule has 148 valence electrons. The lowest BCUT2D eigenvalue weighted by Gasteiger charge is -2.35. The molecule has 1 aliphatic heterocycles. The third-order valence-corrected chi connectivity index (χ3v) is 5.16. The Bertz CT molecular complexity index is 935. The number of aromatic nitrogens is 3. The van der Waals surface area contributed by atoms with Crippen molar-refractivity contribution in [2.45, 2.75) is 25.1 Å². The van der Waals surface area contributed by atoms with Crippen LogP contribution in [0.2, 0.25) is 0 Å². The molecule has 0 amide bonds. The van der Waals surface area contributed by atoms with Gasteiger partial charge in [0.25, 0.3) is 0 Å². The topological polar surface area (TPSA) is 78.5 Å². The minimum Gasteiger partial charge on any atom is -0.458 e. The highest BCUT2D eigenvalue weighted by atomic mass is 19.4. The molecule has 11 heteroatoms. The molecule has 2 aliphatic rings. The van der Waals surface area contributed by atoms with Crippen molar-refractivity contribution in [1.82, 2.24) is 19.5 Å². The molecule has 1 aliphatic carbocycles. The van der Waals surface area contributed by atoms with E-state index in [1.807, 2.05) is 0 Å². The molecular weight excluding hydrogens is 380 g/mol. The Hall–Kier alpha value is -3.03. The Labute approximate surface area is 157 Å². The number of nitrogens with one attached hydrogen (secondary N) is 1. The average molecular weight is 396 g/mol. The summed E-state index contributed by atoms with van der Waals surface area (Å²) in [6.45, 7) is 1.35. The van der Waals surface area contributed by atoms with Crippen molar-refractivity contribution in [3.05, 3.63) is 30.4 Å². The maximum atomic E-state index is 13.0. The lowest BCUT2D eigenvalue weighted by atomic mass is 9.92. The number of nitrogens with zero attached hydrogens (tertiary/aromatic N) is 5. The van der Waals surface area contributed by atoms with Crippen LogP contribution in [0.15, 0.2) is 30.4 Å². The predicted octanol–water partition coefficient (Wildman–Crippen LogP) is 3.08. The summed E-state index contributed by atoms with van der Waals surface area (Å²) in [7, 11) is 0. The number of halogens is 4. The molecule has 2 aromatic rings. The monoisotopic (exact) mass is 396 g/mol. The van der Waals surface area contributed by atoms with E-state index in [9.17, 15) is 17.6 Å². The first-order valence-electron chi connectivity index (χ1n) is 8.71. The Morgan fingerprint density at radius 1 is 1.32 bits per heavy atom. The largest absolute Gasteiger partial charge is 0.458 e. The summed E-state index contributed by atoms with van der Waals surface area (Å²) < 4.78 is 56.0. The zero-order valence-corrected chi connectivity index (χ0v) is 14.5. The minimum absolute atomic E-state index is 0.00888. The summed E-state index contributed by atoms with van der Waals surface area (Å²) in [6.07, 6.45) is 0.664. The van der Waals surface area contributed by atoms with Gasteiger partial charge in [-0.05, 0) is 36.8 Å². The summed E-state index contributed by atoms with van der Waals surface area (Å²) in [4.78, 5) is 6.04. The number of hydrogen-bond acceptors (Lipinski definition) is 6. The fourth-order valence-electron chi connectivity index (χ4n) is 3.91. The van der Waals surface area contributed by atoms with Gasteiger partial charge in [-0.15, -0.1) is 5.10 Å². The van der Waals surface area contributed by atoms with Gasteiger partial charge in [-0.3, -0.25) is 0 Å². The lowest BCUT2D eigenvalue weighted by Crippen LogP contribution is -2.46. The van der Waals surface area contributed by atoms with Crippen LogP contribution in [0.3, 0.4) is 0 Å². The second kappa shape index (κ2) is 6.85. The summed E-state index contributed by atoms with van der Waals surface area (Å²) in [5, 5.41) is 16.7. The van der Waals surface area contributed by atoms with Gasteiger partial charge in [-0.2, -0.15) is 27.8 Å². The van der Waals surface area contributed by atoms with E-state index in [1.165, 1.54) is 16.6 Å². The third-order valence-electron chi connectivity index (χ3n) is 5.16. The first-order valence-corrected chi connectivity index (χ1v) is 8.71. The van der Waals surface area contributed by atoms with Gasteiger partial charge in [0.1, 0.15) is 6.26 Å². The second-order valence-corrected chi connectivity index (χ2v) is 6.93. The molecule has 1 N–H and O–H groups in total. The van der Waals surface area contributed by atoms with Gasteiger partial charge >= 0.3 is 6.18 Å². The van der Waals surface area contributed by atoms with E-state index in [2.05, 4.69) is 21.6 Å². The van der Waals surface area contributed by atoms with Crippen LogP contribution in [-0.2, 0) is 0 Å². The van der Waals surface area contributed by atoms with Crippen molar-refractivity contribution in [1.29, 1.82) is 5.26 Å². The van der Waals surface area contributed by atoms with Crippen LogP contribution >= 0.6 is 0 Å². The highest BCUT2D eigenvalue weighted by Crippen LogP contribution is 2.38. The number of fused-ring (bicyclic) bond motifs is 3. The highest BCUT2D eigenvalue weighted by molar-refractivity contribution is 5.56. The number of anilines is 1. The third kappa shape index (κ3) is 3.42. The number of hydrogen-bond donors (Lipinski definition) is 1. The zero-order valence-electron chi connectivity index (χ0n) is 14.5. The Morgan fingerprint density at radius 3 is 2.68 bits per heavy atom. The molecular formula is C17H16F4N6O. The number of likely N-dealkylation sites (tertiary alicyclic amines) is 1. The SMILES string of the molecule is N#CN1C[C@H]2CC[C@@H](C1)C2Nc1nc2c(O/C=C(\F)C(F)(F)F)cccn2n1. The quantitative estimate of drug-likeness (QED) is 0.486. The number of ether oxygens (including phenoxy) is 1. The first-order chi connectivity index (χ1) is 13.3. The van der Waals surface area contributed by atoms with Gasteiger partial charge < -0.3 is 15.0 Å². The van der Waals surface area contributed by atoms with E-state index in [0.29, 0.717) is 30.9 Å². The van der Waals surface area contributed by atoms with Crippen LogP contribution in [0.25, 0.3) is 5.65 Å². The molecule has 0 spiro atoms. The molecule has 2 fully saturated rings. The molecule has 3 heterocycles.